The number of rotatable bonds is 4. The highest BCUT2D eigenvalue weighted by Crippen LogP contribution is 2.32. The highest BCUT2D eigenvalue weighted by atomic mass is 16.7. The summed E-state index contributed by atoms with van der Waals surface area (Å²) in [5.74, 6) is 1.10. The molecule has 6 heteroatoms. The fourth-order valence-electron chi connectivity index (χ4n) is 3.35. The Hall–Kier alpha value is -2.73. The van der Waals surface area contributed by atoms with Crippen LogP contribution in [0, 0.1) is 0 Å². The van der Waals surface area contributed by atoms with Crippen LogP contribution in [-0.4, -0.2) is 39.0 Å². The molecule has 2 aliphatic heterocycles. The Morgan fingerprint density at radius 1 is 1.08 bits per heavy atom. The number of piperidine rings is 1. The van der Waals surface area contributed by atoms with Crippen molar-refractivity contribution in [2.75, 3.05) is 37.2 Å². The number of hydrogen-bond donors (Lipinski definition) is 1. The number of fused-ring (bicyclic) bond motifs is 1. The van der Waals surface area contributed by atoms with Crippen LogP contribution < -0.4 is 19.7 Å². The highest BCUT2D eigenvalue weighted by Gasteiger charge is 2.19. The van der Waals surface area contributed by atoms with E-state index in [0.29, 0.717) is 23.2 Å². The third-order valence-electron chi connectivity index (χ3n) is 4.90. The van der Waals surface area contributed by atoms with E-state index in [1.807, 2.05) is 24.3 Å². The van der Waals surface area contributed by atoms with E-state index in [1.165, 1.54) is 5.69 Å². The van der Waals surface area contributed by atoms with E-state index >= 15 is 0 Å². The molecule has 0 saturated carbocycles. The lowest BCUT2D eigenvalue weighted by molar-refractivity contribution is 0.0819. The van der Waals surface area contributed by atoms with E-state index in [9.17, 15) is 4.79 Å². The molecule has 0 unspecified atom stereocenters. The topological polar surface area (TPSA) is 60.0 Å². The number of carbonyl (C=O) groups is 1. The number of methoxy groups -OCH3 is 1. The summed E-state index contributed by atoms with van der Waals surface area (Å²) in [5, 5.41) is 2.92. The van der Waals surface area contributed by atoms with E-state index in [1.54, 1.807) is 25.3 Å². The van der Waals surface area contributed by atoms with Gasteiger partial charge in [-0.25, -0.2) is 0 Å². The van der Waals surface area contributed by atoms with Crippen LogP contribution in [0.2, 0.25) is 0 Å². The number of hydrogen-bond acceptors (Lipinski definition) is 5. The van der Waals surface area contributed by atoms with Gasteiger partial charge in [0, 0.05) is 37.1 Å². The minimum atomic E-state index is -0.169. The molecule has 2 aromatic carbocycles. The number of anilines is 2. The molecule has 1 N–H and O–H groups in total. The number of nitrogens with one attached hydrogen (secondary N) is 1. The van der Waals surface area contributed by atoms with Gasteiger partial charge in [0.2, 0.25) is 6.79 Å². The van der Waals surface area contributed by atoms with Gasteiger partial charge < -0.3 is 24.4 Å². The summed E-state index contributed by atoms with van der Waals surface area (Å²) in [6.45, 7) is 2.17. The molecule has 0 spiro atoms. The van der Waals surface area contributed by atoms with Gasteiger partial charge in [-0.05, 0) is 55.3 Å². The molecule has 4 rings (SSSR count). The molecule has 2 heterocycles. The van der Waals surface area contributed by atoms with Crippen molar-refractivity contribution in [2.45, 2.75) is 18.9 Å². The van der Waals surface area contributed by atoms with Gasteiger partial charge in [0.15, 0.2) is 11.5 Å². The number of benzene rings is 2. The lowest BCUT2D eigenvalue weighted by atomic mass is 10.1. The lowest BCUT2D eigenvalue weighted by Gasteiger charge is -2.33. The second-order valence-electron chi connectivity index (χ2n) is 6.49. The van der Waals surface area contributed by atoms with E-state index in [0.717, 1.165) is 31.6 Å². The Balaban J connectivity index is 1.39. The van der Waals surface area contributed by atoms with Gasteiger partial charge in [0.25, 0.3) is 5.91 Å². The Kier molecular flexibility index (Phi) is 4.67. The lowest BCUT2D eigenvalue weighted by Crippen LogP contribution is -2.36. The quantitative estimate of drug-likeness (QED) is 0.913. The van der Waals surface area contributed by atoms with Crippen molar-refractivity contribution in [1.82, 2.24) is 0 Å². The average molecular weight is 354 g/mol. The SMILES string of the molecule is COC1CCN(c2ccc(NC(=O)c3ccc4c(c3)OCO4)cc2)CC1. The van der Waals surface area contributed by atoms with Gasteiger partial charge in [-0.3, -0.25) is 4.79 Å². The zero-order valence-electron chi connectivity index (χ0n) is 14.7. The summed E-state index contributed by atoms with van der Waals surface area (Å²) in [7, 11) is 1.78. The summed E-state index contributed by atoms with van der Waals surface area (Å²) >= 11 is 0. The van der Waals surface area contributed by atoms with Gasteiger partial charge in [0.1, 0.15) is 0 Å². The predicted octanol–water partition coefficient (Wildman–Crippen LogP) is 3.28. The molecule has 0 atom stereocenters. The third kappa shape index (κ3) is 3.46. The van der Waals surface area contributed by atoms with Crippen molar-refractivity contribution >= 4 is 17.3 Å². The maximum atomic E-state index is 12.4. The first-order chi connectivity index (χ1) is 12.7. The van der Waals surface area contributed by atoms with Gasteiger partial charge in [-0.2, -0.15) is 0 Å². The number of ether oxygens (including phenoxy) is 3. The van der Waals surface area contributed by atoms with Crippen LogP contribution in [-0.2, 0) is 4.74 Å². The smallest absolute Gasteiger partial charge is 0.255 e. The van der Waals surface area contributed by atoms with Crippen molar-refractivity contribution in [2.24, 2.45) is 0 Å². The van der Waals surface area contributed by atoms with E-state index in [2.05, 4.69) is 10.2 Å². The highest BCUT2D eigenvalue weighted by molar-refractivity contribution is 6.04. The van der Waals surface area contributed by atoms with Crippen LogP contribution in [0.3, 0.4) is 0 Å². The monoisotopic (exact) mass is 354 g/mol. The standard InChI is InChI=1S/C20H22N2O4/c1-24-17-8-10-22(11-9-17)16-5-3-15(4-6-16)21-20(23)14-2-7-18-19(12-14)26-13-25-18/h2-7,12,17H,8-11,13H2,1H3,(H,21,23). The molecule has 6 nitrogen and oxygen atoms in total. The van der Waals surface area contributed by atoms with Crippen molar-refractivity contribution in [3.63, 3.8) is 0 Å². The molecule has 0 aromatic heterocycles. The Morgan fingerprint density at radius 2 is 1.81 bits per heavy atom. The zero-order valence-corrected chi connectivity index (χ0v) is 14.7. The molecular formula is C20H22N2O4. The summed E-state index contributed by atoms with van der Waals surface area (Å²) in [6, 6.07) is 13.1. The Labute approximate surface area is 152 Å². The molecule has 26 heavy (non-hydrogen) atoms. The molecule has 0 aliphatic carbocycles. The minimum Gasteiger partial charge on any atom is -0.454 e. The van der Waals surface area contributed by atoms with Gasteiger partial charge in [-0.15, -0.1) is 0 Å². The fraction of sp³-hybridized carbons (Fsp3) is 0.350. The van der Waals surface area contributed by atoms with E-state index < -0.39 is 0 Å². The van der Waals surface area contributed by atoms with Crippen molar-refractivity contribution < 1.29 is 19.0 Å². The second-order valence-corrected chi connectivity index (χ2v) is 6.49. The van der Waals surface area contributed by atoms with Crippen LogP contribution in [0.25, 0.3) is 0 Å². The molecular weight excluding hydrogens is 332 g/mol. The predicted molar refractivity (Wildman–Crippen MR) is 99.2 cm³/mol. The van der Waals surface area contributed by atoms with Gasteiger partial charge in [-0.1, -0.05) is 0 Å². The molecule has 2 aliphatic rings. The average Bonchev–Trinajstić information content (AvgIpc) is 3.16. The number of amides is 1. The van der Waals surface area contributed by atoms with Crippen LogP contribution in [0.1, 0.15) is 23.2 Å². The van der Waals surface area contributed by atoms with Crippen LogP contribution in [0.4, 0.5) is 11.4 Å². The summed E-state index contributed by atoms with van der Waals surface area (Å²) in [6.07, 6.45) is 2.45. The third-order valence-corrected chi connectivity index (χ3v) is 4.90. The van der Waals surface area contributed by atoms with Crippen molar-refractivity contribution in [3.8, 4) is 11.5 Å². The maximum Gasteiger partial charge on any atom is 0.255 e. The van der Waals surface area contributed by atoms with Crippen molar-refractivity contribution in [3.05, 3.63) is 48.0 Å². The zero-order chi connectivity index (χ0) is 17.9. The van der Waals surface area contributed by atoms with Gasteiger partial charge in [0.05, 0.1) is 6.10 Å². The Bertz CT molecular complexity index is 783. The van der Waals surface area contributed by atoms with E-state index in [4.69, 9.17) is 14.2 Å². The minimum absolute atomic E-state index is 0.169. The summed E-state index contributed by atoms with van der Waals surface area (Å²) in [4.78, 5) is 14.8. The fourth-order valence-corrected chi connectivity index (χ4v) is 3.35. The summed E-state index contributed by atoms with van der Waals surface area (Å²) in [5.41, 5.74) is 2.48. The first-order valence-corrected chi connectivity index (χ1v) is 8.82. The number of nitrogens with zero attached hydrogens (tertiary/aromatic N) is 1. The Morgan fingerprint density at radius 3 is 2.54 bits per heavy atom. The number of carbonyl (C=O) groups excluding carboxylic acids is 1. The van der Waals surface area contributed by atoms with Crippen molar-refractivity contribution in [1.29, 1.82) is 0 Å². The molecule has 2 aromatic rings. The maximum absolute atomic E-state index is 12.4. The molecule has 1 fully saturated rings. The first kappa shape index (κ1) is 16.7. The normalized spacial score (nSPS) is 16.6. The molecule has 1 amide bonds. The van der Waals surface area contributed by atoms with Crippen LogP contribution in [0.5, 0.6) is 11.5 Å². The molecule has 0 bridgehead atoms. The summed E-state index contributed by atoms with van der Waals surface area (Å²) < 4.78 is 16.0. The molecule has 0 radical (unpaired) electrons. The van der Waals surface area contributed by atoms with Crippen LogP contribution in [0.15, 0.2) is 42.5 Å². The molecule has 1 saturated heterocycles. The second kappa shape index (κ2) is 7.25. The largest absolute Gasteiger partial charge is 0.454 e. The van der Waals surface area contributed by atoms with Crippen LogP contribution >= 0.6 is 0 Å². The van der Waals surface area contributed by atoms with Gasteiger partial charge >= 0.3 is 0 Å². The first-order valence-electron chi connectivity index (χ1n) is 8.82. The molecule has 136 valence electrons. The van der Waals surface area contributed by atoms with E-state index in [-0.39, 0.29) is 12.7 Å².